The molecular formula is C35H39BrN2O. The van der Waals surface area contributed by atoms with Crippen LogP contribution in [0.1, 0.15) is 65.2 Å². The van der Waals surface area contributed by atoms with Gasteiger partial charge < -0.3 is 4.74 Å². The number of pyridine rings is 1. The van der Waals surface area contributed by atoms with E-state index >= 15 is 0 Å². The molecule has 0 saturated carbocycles. The summed E-state index contributed by atoms with van der Waals surface area (Å²) in [6.07, 6.45) is 4.03. The summed E-state index contributed by atoms with van der Waals surface area (Å²) in [7, 11) is 0. The second kappa shape index (κ2) is 10.8. The normalized spacial score (nSPS) is 12.3. The van der Waals surface area contributed by atoms with E-state index in [1.807, 2.05) is 30.5 Å². The molecule has 4 heteroatoms. The van der Waals surface area contributed by atoms with Crippen LogP contribution in [0.25, 0.3) is 27.6 Å². The molecule has 0 aliphatic rings. The molecule has 0 radical (unpaired) electrons. The molecule has 0 amide bonds. The summed E-state index contributed by atoms with van der Waals surface area (Å²) < 4.78 is 9.70. The molecule has 5 aromatic rings. The molecule has 0 aliphatic carbocycles. The Morgan fingerprint density at radius 2 is 1.56 bits per heavy atom. The zero-order valence-electron chi connectivity index (χ0n) is 24.2. The minimum Gasteiger partial charge on any atom is -0.457 e. The first-order chi connectivity index (χ1) is 18.5. The van der Waals surface area contributed by atoms with Gasteiger partial charge in [0.1, 0.15) is 17.3 Å². The molecule has 0 spiro atoms. The van der Waals surface area contributed by atoms with E-state index in [2.05, 4.69) is 111 Å². The van der Waals surface area contributed by atoms with Crippen LogP contribution in [-0.2, 0) is 18.3 Å². The Labute approximate surface area is 241 Å². The van der Waals surface area contributed by atoms with Crippen LogP contribution in [0.4, 0.5) is 0 Å². The van der Waals surface area contributed by atoms with Gasteiger partial charge in [-0.15, -0.1) is 0 Å². The number of fused-ring (bicyclic) bond motifs is 3. The van der Waals surface area contributed by atoms with Crippen LogP contribution in [-0.4, -0.2) is 9.55 Å². The molecule has 0 saturated heterocycles. The Kier molecular flexibility index (Phi) is 7.61. The first-order valence-electron chi connectivity index (χ1n) is 14.0. The zero-order valence-corrected chi connectivity index (χ0v) is 25.8. The van der Waals surface area contributed by atoms with Crippen LogP contribution in [0.5, 0.6) is 11.5 Å². The molecule has 0 bridgehead atoms. The van der Waals surface area contributed by atoms with E-state index in [4.69, 9.17) is 9.72 Å². The molecule has 39 heavy (non-hydrogen) atoms. The smallest absolute Gasteiger partial charge is 0.137 e. The molecule has 2 aromatic heterocycles. The summed E-state index contributed by atoms with van der Waals surface area (Å²) in [4.78, 5) is 4.93. The van der Waals surface area contributed by atoms with Crippen molar-refractivity contribution in [2.75, 3.05) is 0 Å². The standard InChI is InChI=1S/C35H39BrN2O/c1-22(2)15-24-17-25(16-23(3)4)34-31(18-24)30-12-11-29(39-28-10-8-9-27(36)20-28)21-32(30)38(34)33-19-26(13-14-37-33)35(5,6)7/h8-14,17-23H,15-16H2,1-7H3. The summed E-state index contributed by atoms with van der Waals surface area (Å²) in [5.74, 6) is 3.70. The number of hydrogen-bond acceptors (Lipinski definition) is 2. The third-order valence-electron chi connectivity index (χ3n) is 7.12. The van der Waals surface area contributed by atoms with E-state index in [0.29, 0.717) is 11.8 Å². The Hall–Kier alpha value is -3.11. The highest BCUT2D eigenvalue weighted by Crippen LogP contribution is 2.39. The fourth-order valence-corrected chi connectivity index (χ4v) is 5.81. The Morgan fingerprint density at radius 1 is 0.821 bits per heavy atom. The second-order valence-corrected chi connectivity index (χ2v) is 13.5. The van der Waals surface area contributed by atoms with Crippen molar-refractivity contribution in [1.82, 2.24) is 9.55 Å². The van der Waals surface area contributed by atoms with Crippen molar-refractivity contribution < 1.29 is 4.74 Å². The number of aromatic nitrogens is 2. The van der Waals surface area contributed by atoms with Gasteiger partial charge in [-0.05, 0) is 95.3 Å². The highest BCUT2D eigenvalue weighted by molar-refractivity contribution is 9.10. The topological polar surface area (TPSA) is 27.1 Å². The van der Waals surface area contributed by atoms with Crippen molar-refractivity contribution in [2.24, 2.45) is 11.8 Å². The van der Waals surface area contributed by atoms with Gasteiger partial charge in [-0.1, -0.05) is 76.5 Å². The molecule has 0 aliphatic heterocycles. The molecule has 0 atom stereocenters. The fraction of sp³-hybridized carbons (Fsp3) is 0.343. The second-order valence-electron chi connectivity index (χ2n) is 12.6. The lowest BCUT2D eigenvalue weighted by atomic mass is 9.88. The average Bonchev–Trinajstić information content (AvgIpc) is 3.17. The van der Waals surface area contributed by atoms with Gasteiger partial charge in [0.2, 0.25) is 0 Å². The molecule has 0 unspecified atom stereocenters. The molecule has 3 nitrogen and oxygen atoms in total. The van der Waals surface area contributed by atoms with E-state index in [1.165, 1.54) is 33.0 Å². The van der Waals surface area contributed by atoms with Gasteiger partial charge in [0, 0.05) is 27.5 Å². The highest BCUT2D eigenvalue weighted by atomic mass is 79.9. The van der Waals surface area contributed by atoms with Gasteiger partial charge in [-0.2, -0.15) is 0 Å². The number of ether oxygens (including phenoxy) is 1. The van der Waals surface area contributed by atoms with Crippen molar-refractivity contribution in [2.45, 2.75) is 66.7 Å². The van der Waals surface area contributed by atoms with Crippen molar-refractivity contribution in [3.05, 3.63) is 94.1 Å². The van der Waals surface area contributed by atoms with E-state index in [-0.39, 0.29) is 5.41 Å². The van der Waals surface area contributed by atoms with Gasteiger partial charge in [0.05, 0.1) is 11.0 Å². The van der Waals surface area contributed by atoms with Gasteiger partial charge in [-0.3, -0.25) is 4.57 Å². The first-order valence-corrected chi connectivity index (χ1v) is 14.8. The maximum atomic E-state index is 6.34. The largest absolute Gasteiger partial charge is 0.457 e. The molecule has 3 aromatic carbocycles. The van der Waals surface area contributed by atoms with Crippen LogP contribution in [0.15, 0.2) is 77.4 Å². The minimum absolute atomic E-state index is 0.0244. The van der Waals surface area contributed by atoms with Crippen molar-refractivity contribution in [3.63, 3.8) is 0 Å². The molecule has 202 valence electrons. The predicted octanol–water partition coefficient (Wildman–Crippen LogP) is 10.4. The van der Waals surface area contributed by atoms with Crippen LogP contribution in [0.2, 0.25) is 0 Å². The number of rotatable bonds is 7. The van der Waals surface area contributed by atoms with Crippen LogP contribution in [0, 0.1) is 11.8 Å². The number of nitrogens with zero attached hydrogens (tertiary/aromatic N) is 2. The summed E-state index contributed by atoms with van der Waals surface area (Å²) in [6, 6.07) is 23.7. The lowest BCUT2D eigenvalue weighted by Crippen LogP contribution is -2.12. The fourth-order valence-electron chi connectivity index (χ4n) is 5.43. The lowest BCUT2D eigenvalue weighted by Gasteiger charge is -2.20. The van der Waals surface area contributed by atoms with Crippen molar-refractivity contribution >= 4 is 37.7 Å². The van der Waals surface area contributed by atoms with Gasteiger partial charge in [-0.25, -0.2) is 4.98 Å². The average molecular weight is 584 g/mol. The number of halogens is 1. The Bertz CT molecular complexity index is 1640. The van der Waals surface area contributed by atoms with Crippen LogP contribution < -0.4 is 4.74 Å². The van der Waals surface area contributed by atoms with E-state index in [1.54, 1.807) is 0 Å². The quantitative estimate of drug-likeness (QED) is 0.191. The van der Waals surface area contributed by atoms with Crippen molar-refractivity contribution in [1.29, 1.82) is 0 Å². The molecule has 0 N–H and O–H groups in total. The highest BCUT2D eigenvalue weighted by Gasteiger charge is 2.21. The molecule has 2 heterocycles. The summed E-state index contributed by atoms with van der Waals surface area (Å²) in [5.41, 5.74) is 6.44. The maximum absolute atomic E-state index is 6.34. The predicted molar refractivity (Wildman–Crippen MR) is 169 cm³/mol. The third kappa shape index (κ3) is 5.91. The molecular weight excluding hydrogens is 544 g/mol. The monoisotopic (exact) mass is 582 g/mol. The van der Waals surface area contributed by atoms with Crippen LogP contribution >= 0.6 is 15.9 Å². The SMILES string of the molecule is CC(C)Cc1cc(CC(C)C)c2c(c1)c1ccc(Oc3cccc(Br)c3)cc1n2-c1cc(C(C)(C)C)ccn1. The zero-order chi connectivity index (χ0) is 27.9. The summed E-state index contributed by atoms with van der Waals surface area (Å²) >= 11 is 3.56. The van der Waals surface area contributed by atoms with Gasteiger partial charge >= 0.3 is 0 Å². The molecule has 0 fully saturated rings. The lowest BCUT2D eigenvalue weighted by molar-refractivity contribution is 0.483. The van der Waals surface area contributed by atoms with Gasteiger partial charge in [0.15, 0.2) is 0 Å². The minimum atomic E-state index is 0.0244. The number of benzene rings is 3. The third-order valence-corrected chi connectivity index (χ3v) is 7.61. The summed E-state index contributed by atoms with van der Waals surface area (Å²) in [6.45, 7) is 16.0. The van der Waals surface area contributed by atoms with Crippen LogP contribution in [0.3, 0.4) is 0 Å². The summed E-state index contributed by atoms with van der Waals surface area (Å²) in [5, 5.41) is 2.51. The Morgan fingerprint density at radius 3 is 2.26 bits per heavy atom. The first kappa shape index (κ1) is 27.5. The van der Waals surface area contributed by atoms with Crippen molar-refractivity contribution in [3.8, 4) is 17.3 Å². The van der Waals surface area contributed by atoms with E-state index in [0.717, 1.165) is 40.1 Å². The maximum Gasteiger partial charge on any atom is 0.137 e. The number of hydrogen-bond donors (Lipinski definition) is 0. The van der Waals surface area contributed by atoms with Gasteiger partial charge in [0.25, 0.3) is 0 Å². The Balaban J connectivity index is 1.82. The van der Waals surface area contributed by atoms with E-state index in [9.17, 15) is 0 Å². The molecule has 5 rings (SSSR count). The van der Waals surface area contributed by atoms with E-state index < -0.39 is 0 Å².